The molecule has 0 aliphatic rings. The van der Waals surface area contributed by atoms with Crippen LogP contribution >= 0.6 is 0 Å². The van der Waals surface area contributed by atoms with Crippen molar-refractivity contribution in [3.05, 3.63) is 72.3 Å². The molecule has 3 aromatic carbocycles. The van der Waals surface area contributed by atoms with Gasteiger partial charge in [-0.3, -0.25) is 0 Å². The van der Waals surface area contributed by atoms with Crippen LogP contribution < -0.4 is 24.8 Å². The van der Waals surface area contributed by atoms with E-state index in [0.29, 0.717) is 24.0 Å². The normalized spacial score (nSPS) is 10.5. The minimum atomic E-state index is 0.472. The molecule has 1 aromatic heterocycles. The summed E-state index contributed by atoms with van der Waals surface area (Å²) in [7, 11) is 4.89. The molecule has 1 heterocycles. The fourth-order valence-corrected chi connectivity index (χ4v) is 3.22. The third kappa shape index (κ3) is 4.61. The first kappa shape index (κ1) is 20.3. The molecule has 0 aliphatic heterocycles. The number of rotatable bonds is 8. The Hall–Kier alpha value is -4.00. The van der Waals surface area contributed by atoms with Crippen LogP contribution in [0.2, 0.25) is 0 Å². The standard InChI is InChI=1S/C24H24N4O3/c1-29-17-10-8-16(9-11-17)15-25-23-19-6-4-5-7-20(19)26-24(28-23)27-21-13-12-18(30-2)14-22(21)31-3/h4-14H,15H2,1-3H3,(H2,25,26,27,28). The van der Waals surface area contributed by atoms with Crippen molar-refractivity contribution in [3.8, 4) is 17.2 Å². The molecule has 31 heavy (non-hydrogen) atoms. The lowest BCUT2D eigenvalue weighted by atomic mass is 10.2. The van der Waals surface area contributed by atoms with Gasteiger partial charge >= 0.3 is 0 Å². The zero-order valence-corrected chi connectivity index (χ0v) is 17.7. The smallest absolute Gasteiger partial charge is 0.229 e. The third-order valence-electron chi connectivity index (χ3n) is 4.88. The highest BCUT2D eigenvalue weighted by Crippen LogP contribution is 2.32. The number of fused-ring (bicyclic) bond motifs is 1. The molecule has 7 nitrogen and oxygen atoms in total. The van der Waals surface area contributed by atoms with Gasteiger partial charge in [-0.15, -0.1) is 0 Å². The Labute approximate surface area is 181 Å². The van der Waals surface area contributed by atoms with Gasteiger partial charge in [-0.05, 0) is 42.0 Å². The van der Waals surface area contributed by atoms with Crippen LogP contribution in [0.15, 0.2) is 66.7 Å². The van der Waals surface area contributed by atoms with Crippen molar-refractivity contribution in [2.45, 2.75) is 6.54 Å². The number of hydrogen-bond acceptors (Lipinski definition) is 7. The van der Waals surface area contributed by atoms with Gasteiger partial charge in [0.2, 0.25) is 5.95 Å². The molecule has 158 valence electrons. The number of nitrogens with zero attached hydrogens (tertiary/aromatic N) is 2. The monoisotopic (exact) mass is 416 g/mol. The molecule has 0 aliphatic carbocycles. The molecule has 4 aromatic rings. The summed E-state index contributed by atoms with van der Waals surface area (Å²) in [5.41, 5.74) is 2.71. The Morgan fingerprint density at radius 3 is 2.26 bits per heavy atom. The number of aromatic nitrogens is 2. The van der Waals surface area contributed by atoms with Crippen LogP contribution in [-0.4, -0.2) is 31.3 Å². The molecule has 0 atom stereocenters. The van der Waals surface area contributed by atoms with E-state index < -0.39 is 0 Å². The molecule has 0 spiro atoms. The first-order chi connectivity index (χ1) is 15.2. The molecule has 0 radical (unpaired) electrons. The van der Waals surface area contributed by atoms with Crippen LogP contribution in [0.1, 0.15) is 5.56 Å². The summed E-state index contributed by atoms with van der Waals surface area (Å²) in [5, 5.41) is 7.64. The predicted octanol–water partition coefficient (Wildman–Crippen LogP) is 5.01. The van der Waals surface area contributed by atoms with E-state index in [1.54, 1.807) is 21.3 Å². The molecule has 0 saturated carbocycles. The van der Waals surface area contributed by atoms with Gasteiger partial charge in [-0.1, -0.05) is 24.3 Å². The minimum Gasteiger partial charge on any atom is -0.497 e. The van der Waals surface area contributed by atoms with E-state index in [9.17, 15) is 0 Å². The fourth-order valence-electron chi connectivity index (χ4n) is 3.22. The molecule has 4 rings (SSSR count). The van der Waals surface area contributed by atoms with E-state index in [1.807, 2.05) is 66.7 Å². The highest BCUT2D eigenvalue weighted by atomic mass is 16.5. The molecule has 0 fully saturated rings. The summed E-state index contributed by atoms with van der Waals surface area (Å²) in [6, 6.07) is 21.4. The van der Waals surface area contributed by atoms with Gasteiger partial charge in [0.25, 0.3) is 0 Å². The van der Waals surface area contributed by atoms with Crippen molar-refractivity contribution in [1.82, 2.24) is 9.97 Å². The van der Waals surface area contributed by atoms with Crippen LogP contribution in [-0.2, 0) is 6.54 Å². The van der Waals surface area contributed by atoms with Crippen LogP contribution in [0.4, 0.5) is 17.5 Å². The summed E-state index contributed by atoms with van der Waals surface area (Å²) >= 11 is 0. The van der Waals surface area contributed by atoms with Crippen LogP contribution in [0, 0.1) is 0 Å². The lowest BCUT2D eigenvalue weighted by molar-refractivity contribution is 0.395. The largest absolute Gasteiger partial charge is 0.497 e. The van der Waals surface area contributed by atoms with Crippen molar-refractivity contribution in [2.75, 3.05) is 32.0 Å². The Bertz CT molecular complexity index is 1180. The predicted molar refractivity (Wildman–Crippen MR) is 123 cm³/mol. The molecule has 0 unspecified atom stereocenters. The number of anilines is 3. The van der Waals surface area contributed by atoms with Crippen molar-refractivity contribution < 1.29 is 14.2 Å². The van der Waals surface area contributed by atoms with Crippen LogP contribution in [0.3, 0.4) is 0 Å². The lowest BCUT2D eigenvalue weighted by Gasteiger charge is -2.14. The Balaban J connectivity index is 1.63. The van der Waals surface area contributed by atoms with E-state index in [4.69, 9.17) is 19.2 Å². The zero-order chi connectivity index (χ0) is 21.6. The summed E-state index contributed by atoms with van der Waals surface area (Å²) in [6.45, 7) is 0.621. The second-order valence-corrected chi connectivity index (χ2v) is 6.81. The highest BCUT2D eigenvalue weighted by molar-refractivity contribution is 5.90. The Morgan fingerprint density at radius 2 is 1.52 bits per heavy atom. The minimum absolute atomic E-state index is 0.472. The second-order valence-electron chi connectivity index (χ2n) is 6.81. The molecular formula is C24H24N4O3. The summed E-state index contributed by atoms with van der Waals surface area (Å²) in [5.74, 6) is 3.40. The van der Waals surface area contributed by atoms with Gasteiger partial charge in [-0.2, -0.15) is 4.98 Å². The van der Waals surface area contributed by atoms with E-state index in [1.165, 1.54) is 0 Å². The zero-order valence-electron chi connectivity index (χ0n) is 17.7. The quantitative estimate of drug-likeness (QED) is 0.418. The first-order valence-electron chi connectivity index (χ1n) is 9.83. The number of ether oxygens (including phenoxy) is 3. The summed E-state index contributed by atoms with van der Waals surface area (Å²) in [6.07, 6.45) is 0. The number of hydrogen-bond donors (Lipinski definition) is 2. The first-order valence-corrected chi connectivity index (χ1v) is 9.83. The number of para-hydroxylation sites is 1. The van der Waals surface area contributed by atoms with Gasteiger partial charge in [0, 0.05) is 18.0 Å². The topological polar surface area (TPSA) is 77.5 Å². The number of nitrogens with one attached hydrogen (secondary N) is 2. The van der Waals surface area contributed by atoms with Gasteiger partial charge in [0.05, 0.1) is 32.5 Å². The van der Waals surface area contributed by atoms with Gasteiger partial charge in [-0.25, -0.2) is 4.98 Å². The maximum Gasteiger partial charge on any atom is 0.229 e. The summed E-state index contributed by atoms with van der Waals surface area (Å²) < 4.78 is 16.0. The maximum atomic E-state index is 5.48. The average molecular weight is 416 g/mol. The van der Waals surface area contributed by atoms with Crippen molar-refractivity contribution in [3.63, 3.8) is 0 Å². The van der Waals surface area contributed by atoms with Gasteiger partial charge in [0.15, 0.2) is 0 Å². The number of benzene rings is 3. The SMILES string of the molecule is COc1ccc(CNc2nc(Nc3ccc(OC)cc3OC)nc3ccccc23)cc1. The van der Waals surface area contributed by atoms with Gasteiger partial charge in [0.1, 0.15) is 23.1 Å². The summed E-state index contributed by atoms with van der Waals surface area (Å²) in [4.78, 5) is 9.38. The van der Waals surface area contributed by atoms with E-state index >= 15 is 0 Å². The van der Waals surface area contributed by atoms with Crippen molar-refractivity contribution in [1.29, 1.82) is 0 Å². The van der Waals surface area contributed by atoms with E-state index in [0.717, 1.165) is 33.7 Å². The molecule has 0 saturated heterocycles. The van der Waals surface area contributed by atoms with Crippen LogP contribution in [0.5, 0.6) is 17.2 Å². The molecule has 0 amide bonds. The molecular weight excluding hydrogens is 392 g/mol. The molecule has 2 N–H and O–H groups in total. The van der Waals surface area contributed by atoms with Crippen LogP contribution in [0.25, 0.3) is 10.9 Å². The average Bonchev–Trinajstić information content (AvgIpc) is 2.83. The Morgan fingerprint density at radius 1 is 0.774 bits per heavy atom. The second kappa shape index (κ2) is 9.21. The molecule has 0 bridgehead atoms. The van der Waals surface area contributed by atoms with Gasteiger partial charge < -0.3 is 24.8 Å². The van der Waals surface area contributed by atoms with Crippen molar-refractivity contribution >= 4 is 28.4 Å². The van der Waals surface area contributed by atoms with Crippen molar-refractivity contribution in [2.24, 2.45) is 0 Å². The molecule has 7 heteroatoms. The highest BCUT2D eigenvalue weighted by Gasteiger charge is 2.11. The third-order valence-corrected chi connectivity index (χ3v) is 4.88. The lowest BCUT2D eigenvalue weighted by Crippen LogP contribution is -2.06. The van der Waals surface area contributed by atoms with E-state index in [-0.39, 0.29) is 0 Å². The Kier molecular flexibility index (Phi) is 6.03. The number of methoxy groups -OCH3 is 3. The maximum absolute atomic E-state index is 5.48. The fraction of sp³-hybridized carbons (Fsp3) is 0.167. The van der Waals surface area contributed by atoms with E-state index in [2.05, 4.69) is 15.6 Å².